The average molecular weight is 395 g/mol. The number of para-hydroxylation sites is 1. The van der Waals surface area contributed by atoms with E-state index in [1.54, 1.807) is 20.4 Å². The molecule has 0 amide bonds. The highest BCUT2D eigenvalue weighted by molar-refractivity contribution is 5.45. The zero-order chi connectivity index (χ0) is 20.2. The van der Waals surface area contributed by atoms with Crippen molar-refractivity contribution in [3.8, 4) is 17.3 Å². The third-order valence-electron chi connectivity index (χ3n) is 4.99. The van der Waals surface area contributed by atoms with E-state index in [1.165, 1.54) is 0 Å². The monoisotopic (exact) mass is 395 g/mol. The number of rotatable bonds is 7. The van der Waals surface area contributed by atoms with Crippen molar-refractivity contribution in [1.29, 1.82) is 0 Å². The maximum absolute atomic E-state index is 6.24. The molecule has 1 fully saturated rings. The van der Waals surface area contributed by atoms with E-state index < -0.39 is 0 Å². The molecule has 3 heterocycles. The van der Waals surface area contributed by atoms with Gasteiger partial charge >= 0.3 is 0 Å². The van der Waals surface area contributed by atoms with E-state index in [0.717, 1.165) is 48.3 Å². The van der Waals surface area contributed by atoms with Crippen molar-refractivity contribution in [2.45, 2.75) is 26.1 Å². The summed E-state index contributed by atoms with van der Waals surface area (Å²) in [6.45, 7) is 4.00. The molecule has 3 aromatic rings. The molecule has 0 aliphatic carbocycles. The van der Waals surface area contributed by atoms with Gasteiger partial charge in [-0.05, 0) is 24.6 Å². The molecule has 0 radical (unpaired) electrons. The summed E-state index contributed by atoms with van der Waals surface area (Å²) >= 11 is 0. The predicted octanol–water partition coefficient (Wildman–Crippen LogP) is 2.78. The molecular formula is C21H25N5O3. The maximum atomic E-state index is 6.24. The van der Waals surface area contributed by atoms with Crippen molar-refractivity contribution in [1.82, 2.24) is 19.7 Å². The standard InChI is InChI=1S/C21H25N5O3/c1-15-6-4-5-7-18(15)29-17-10-11-25(13-17)21-24-23-19(14-27-2)26(21)16-8-9-20(28-3)22-12-16/h4-9,12,17H,10-11,13-14H2,1-3H3. The number of hydrogen-bond donors (Lipinski definition) is 0. The van der Waals surface area contributed by atoms with E-state index in [9.17, 15) is 0 Å². The van der Waals surface area contributed by atoms with Gasteiger partial charge in [0.2, 0.25) is 11.8 Å². The van der Waals surface area contributed by atoms with E-state index >= 15 is 0 Å². The zero-order valence-electron chi connectivity index (χ0n) is 16.9. The number of anilines is 1. The van der Waals surface area contributed by atoms with Crippen LogP contribution < -0.4 is 14.4 Å². The van der Waals surface area contributed by atoms with Gasteiger partial charge in [-0.2, -0.15) is 0 Å². The summed E-state index contributed by atoms with van der Waals surface area (Å²) in [4.78, 5) is 6.51. The molecule has 2 aromatic heterocycles. The molecule has 1 aliphatic heterocycles. The fourth-order valence-corrected chi connectivity index (χ4v) is 3.50. The summed E-state index contributed by atoms with van der Waals surface area (Å²) in [5.74, 6) is 2.97. The van der Waals surface area contributed by atoms with Crippen LogP contribution in [0.1, 0.15) is 17.8 Å². The highest BCUT2D eigenvalue weighted by Crippen LogP contribution is 2.27. The first kappa shape index (κ1) is 19.2. The van der Waals surface area contributed by atoms with E-state index in [2.05, 4.69) is 33.1 Å². The number of aryl methyl sites for hydroxylation is 1. The van der Waals surface area contributed by atoms with Crippen molar-refractivity contribution in [3.63, 3.8) is 0 Å². The highest BCUT2D eigenvalue weighted by atomic mass is 16.5. The smallest absolute Gasteiger partial charge is 0.232 e. The lowest BCUT2D eigenvalue weighted by atomic mass is 10.2. The maximum Gasteiger partial charge on any atom is 0.232 e. The van der Waals surface area contributed by atoms with Crippen LogP contribution in [0.15, 0.2) is 42.6 Å². The fourth-order valence-electron chi connectivity index (χ4n) is 3.50. The zero-order valence-corrected chi connectivity index (χ0v) is 16.9. The lowest BCUT2D eigenvalue weighted by molar-refractivity contribution is 0.176. The molecule has 4 rings (SSSR count). The summed E-state index contributed by atoms with van der Waals surface area (Å²) in [6.07, 6.45) is 2.77. The SMILES string of the molecule is COCc1nnc(N2CCC(Oc3ccccc3C)C2)n1-c1ccc(OC)nc1. The molecule has 0 spiro atoms. The molecule has 152 valence electrons. The Kier molecular flexibility index (Phi) is 5.62. The van der Waals surface area contributed by atoms with Gasteiger partial charge in [0.1, 0.15) is 18.5 Å². The summed E-state index contributed by atoms with van der Waals surface area (Å²) in [5, 5.41) is 8.78. The number of hydrogen-bond acceptors (Lipinski definition) is 7. The minimum Gasteiger partial charge on any atom is -0.488 e. The topological polar surface area (TPSA) is 74.5 Å². The number of methoxy groups -OCH3 is 2. The second kappa shape index (κ2) is 8.48. The van der Waals surface area contributed by atoms with Crippen LogP contribution in [0.25, 0.3) is 5.69 Å². The molecule has 29 heavy (non-hydrogen) atoms. The van der Waals surface area contributed by atoms with Gasteiger partial charge in [0, 0.05) is 26.1 Å². The van der Waals surface area contributed by atoms with Gasteiger partial charge in [0.25, 0.3) is 0 Å². The number of ether oxygens (including phenoxy) is 3. The number of pyridine rings is 1. The second-order valence-corrected chi connectivity index (χ2v) is 6.98. The van der Waals surface area contributed by atoms with Crippen molar-refractivity contribution in [2.24, 2.45) is 0 Å². The Morgan fingerprint density at radius 2 is 1.97 bits per heavy atom. The van der Waals surface area contributed by atoms with Crippen molar-refractivity contribution < 1.29 is 14.2 Å². The number of benzene rings is 1. The van der Waals surface area contributed by atoms with Crippen LogP contribution in [0.5, 0.6) is 11.6 Å². The first-order valence-corrected chi connectivity index (χ1v) is 9.60. The normalized spacial score (nSPS) is 16.2. The first-order valence-electron chi connectivity index (χ1n) is 9.60. The van der Waals surface area contributed by atoms with Crippen molar-refractivity contribution in [2.75, 3.05) is 32.2 Å². The Hall–Kier alpha value is -3.13. The minimum absolute atomic E-state index is 0.0983. The van der Waals surface area contributed by atoms with E-state index in [0.29, 0.717) is 12.5 Å². The van der Waals surface area contributed by atoms with Crippen molar-refractivity contribution in [3.05, 3.63) is 54.0 Å². The number of aromatic nitrogens is 4. The Bertz CT molecular complexity index is 957. The molecule has 8 nitrogen and oxygen atoms in total. The third-order valence-corrected chi connectivity index (χ3v) is 4.99. The van der Waals surface area contributed by atoms with Gasteiger partial charge < -0.3 is 19.1 Å². The highest BCUT2D eigenvalue weighted by Gasteiger charge is 2.29. The lowest BCUT2D eigenvalue weighted by Crippen LogP contribution is -2.27. The van der Waals surface area contributed by atoms with Crippen molar-refractivity contribution >= 4 is 5.95 Å². The summed E-state index contributed by atoms with van der Waals surface area (Å²) in [5.41, 5.74) is 2.00. The van der Waals surface area contributed by atoms with Gasteiger partial charge in [-0.25, -0.2) is 4.98 Å². The lowest BCUT2D eigenvalue weighted by Gasteiger charge is -2.20. The summed E-state index contributed by atoms with van der Waals surface area (Å²) in [6, 6.07) is 11.9. The van der Waals surface area contributed by atoms with Gasteiger partial charge in [0.05, 0.1) is 25.5 Å². The van der Waals surface area contributed by atoms with Gasteiger partial charge in [-0.1, -0.05) is 18.2 Å². The van der Waals surface area contributed by atoms with Gasteiger partial charge in [-0.15, -0.1) is 10.2 Å². The van der Waals surface area contributed by atoms with Gasteiger partial charge in [0.15, 0.2) is 5.82 Å². The predicted molar refractivity (Wildman–Crippen MR) is 109 cm³/mol. The first-order chi connectivity index (χ1) is 14.2. The van der Waals surface area contributed by atoms with Crippen LogP contribution in [0.4, 0.5) is 5.95 Å². The largest absolute Gasteiger partial charge is 0.488 e. The Morgan fingerprint density at radius 1 is 1.10 bits per heavy atom. The molecule has 0 bridgehead atoms. The molecule has 1 saturated heterocycles. The molecule has 1 aromatic carbocycles. The Balaban J connectivity index is 1.57. The van der Waals surface area contributed by atoms with Crippen LogP contribution in [0, 0.1) is 6.92 Å². The molecule has 1 atom stereocenters. The molecular weight excluding hydrogens is 370 g/mol. The minimum atomic E-state index is 0.0983. The fraction of sp³-hybridized carbons (Fsp3) is 0.381. The van der Waals surface area contributed by atoms with Crippen LogP contribution in [0.2, 0.25) is 0 Å². The molecule has 0 N–H and O–H groups in total. The summed E-state index contributed by atoms with van der Waals surface area (Å²) < 4.78 is 18.7. The third kappa shape index (κ3) is 4.02. The quantitative estimate of drug-likeness (QED) is 0.609. The number of nitrogens with zero attached hydrogens (tertiary/aromatic N) is 5. The molecule has 0 saturated carbocycles. The van der Waals surface area contributed by atoms with Crippen LogP contribution in [-0.2, 0) is 11.3 Å². The Labute approximate surface area is 170 Å². The molecule has 8 heteroatoms. The van der Waals surface area contributed by atoms with Crippen LogP contribution >= 0.6 is 0 Å². The van der Waals surface area contributed by atoms with Crippen LogP contribution in [0.3, 0.4) is 0 Å². The van der Waals surface area contributed by atoms with E-state index in [-0.39, 0.29) is 6.10 Å². The van der Waals surface area contributed by atoms with E-state index in [1.807, 2.05) is 34.9 Å². The molecule has 1 unspecified atom stereocenters. The van der Waals surface area contributed by atoms with Gasteiger partial charge in [-0.3, -0.25) is 4.57 Å². The van der Waals surface area contributed by atoms with E-state index in [4.69, 9.17) is 14.2 Å². The average Bonchev–Trinajstić information content (AvgIpc) is 3.37. The summed E-state index contributed by atoms with van der Waals surface area (Å²) in [7, 11) is 3.24. The second-order valence-electron chi connectivity index (χ2n) is 6.98. The molecule has 1 aliphatic rings. The van der Waals surface area contributed by atoms with Crippen LogP contribution in [-0.4, -0.2) is 53.2 Å². The Morgan fingerprint density at radius 3 is 2.69 bits per heavy atom.